The van der Waals surface area contributed by atoms with Crippen LogP contribution in [-0.4, -0.2) is 20.4 Å². The molecular formula is C20H17FN4O3S. The van der Waals surface area contributed by atoms with Gasteiger partial charge in [0, 0.05) is 5.56 Å². The Morgan fingerprint density at radius 1 is 0.897 bits per heavy atom. The third-order valence-corrected chi connectivity index (χ3v) is 4.97. The van der Waals surface area contributed by atoms with Crippen molar-refractivity contribution in [2.45, 2.75) is 31.4 Å². The Bertz CT molecular complexity index is 1110. The summed E-state index contributed by atoms with van der Waals surface area (Å²) in [5, 5.41) is 16.3. The van der Waals surface area contributed by atoms with Crippen LogP contribution in [0.2, 0.25) is 0 Å². The number of nitrogens with zero attached hydrogens (tertiary/aromatic N) is 4. The normalized spacial score (nSPS) is 11.0. The van der Waals surface area contributed by atoms with Crippen LogP contribution in [-0.2, 0) is 12.4 Å². The van der Waals surface area contributed by atoms with Gasteiger partial charge in [0.05, 0.1) is 5.75 Å². The Morgan fingerprint density at radius 3 is 2.48 bits per heavy atom. The number of aryl methyl sites for hydroxylation is 2. The molecule has 0 aliphatic rings. The molecule has 0 unspecified atom stereocenters. The number of rotatable bonds is 7. The van der Waals surface area contributed by atoms with Crippen LogP contribution in [0.4, 0.5) is 4.39 Å². The van der Waals surface area contributed by atoms with Gasteiger partial charge >= 0.3 is 0 Å². The van der Waals surface area contributed by atoms with Crippen molar-refractivity contribution in [3.05, 3.63) is 71.2 Å². The SMILES string of the molecule is Cc1ccc(OCc2nnc(SCc3nnc(-c4ccc(F)cc4)o3)o2)cc1C. The zero-order valence-corrected chi connectivity index (χ0v) is 16.6. The topological polar surface area (TPSA) is 87.1 Å². The summed E-state index contributed by atoms with van der Waals surface area (Å²) < 4.78 is 29.8. The van der Waals surface area contributed by atoms with Gasteiger partial charge in [-0.15, -0.1) is 20.4 Å². The Kier molecular flexibility index (Phi) is 5.57. The second-order valence-electron chi connectivity index (χ2n) is 6.29. The van der Waals surface area contributed by atoms with Gasteiger partial charge in [0.2, 0.25) is 11.8 Å². The Morgan fingerprint density at radius 2 is 1.69 bits per heavy atom. The van der Waals surface area contributed by atoms with Crippen LogP contribution in [0.25, 0.3) is 11.5 Å². The van der Waals surface area contributed by atoms with Crippen molar-refractivity contribution < 1.29 is 18.0 Å². The number of hydrogen-bond donors (Lipinski definition) is 0. The lowest BCUT2D eigenvalue weighted by molar-refractivity contribution is 0.252. The van der Waals surface area contributed by atoms with Gasteiger partial charge < -0.3 is 13.6 Å². The molecule has 0 aliphatic heterocycles. The fourth-order valence-electron chi connectivity index (χ4n) is 2.45. The molecule has 0 aliphatic carbocycles. The zero-order chi connectivity index (χ0) is 20.2. The molecular weight excluding hydrogens is 395 g/mol. The molecule has 0 N–H and O–H groups in total. The molecule has 2 aromatic heterocycles. The van der Waals surface area contributed by atoms with E-state index in [1.807, 2.05) is 32.0 Å². The highest BCUT2D eigenvalue weighted by Gasteiger charge is 2.12. The molecule has 4 aromatic rings. The van der Waals surface area contributed by atoms with Crippen molar-refractivity contribution in [1.29, 1.82) is 0 Å². The monoisotopic (exact) mass is 412 g/mol. The minimum atomic E-state index is -0.322. The molecule has 148 valence electrons. The number of hydrogen-bond acceptors (Lipinski definition) is 8. The van der Waals surface area contributed by atoms with Crippen LogP contribution >= 0.6 is 11.8 Å². The lowest BCUT2D eigenvalue weighted by atomic mass is 10.1. The predicted molar refractivity (Wildman–Crippen MR) is 104 cm³/mol. The van der Waals surface area contributed by atoms with Gasteiger partial charge in [-0.2, -0.15) is 0 Å². The molecule has 4 rings (SSSR count). The summed E-state index contributed by atoms with van der Waals surface area (Å²) in [7, 11) is 0. The molecule has 0 saturated carbocycles. The van der Waals surface area contributed by atoms with Gasteiger partial charge in [-0.05, 0) is 61.4 Å². The highest BCUT2D eigenvalue weighted by molar-refractivity contribution is 7.98. The average molecular weight is 412 g/mol. The Labute approximate surface area is 170 Å². The molecule has 29 heavy (non-hydrogen) atoms. The number of aromatic nitrogens is 4. The van der Waals surface area contributed by atoms with Crippen molar-refractivity contribution in [1.82, 2.24) is 20.4 Å². The number of halogens is 1. The van der Waals surface area contributed by atoms with Gasteiger partial charge in [0.25, 0.3) is 11.1 Å². The maximum absolute atomic E-state index is 13.0. The standard InChI is InChI=1S/C20H17FN4O3S/c1-12-3-8-16(9-13(12)2)26-10-17-22-25-20(28-17)29-11-18-23-24-19(27-18)14-4-6-15(21)7-5-14/h3-9H,10-11H2,1-2H3. The van der Waals surface area contributed by atoms with Crippen LogP contribution in [0.5, 0.6) is 5.75 Å². The molecule has 9 heteroatoms. The quantitative estimate of drug-likeness (QED) is 0.402. The van der Waals surface area contributed by atoms with E-state index in [2.05, 4.69) is 20.4 Å². The van der Waals surface area contributed by atoms with Gasteiger partial charge in [-0.25, -0.2) is 4.39 Å². The van der Waals surface area contributed by atoms with E-state index >= 15 is 0 Å². The summed E-state index contributed by atoms with van der Waals surface area (Å²) in [5.41, 5.74) is 3.01. The molecule has 2 aromatic carbocycles. The van der Waals surface area contributed by atoms with Crippen LogP contribution < -0.4 is 4.74 Å². The van der Waals surface area contributed by atoms with E-state index in [-0.39, 0.29) is 12.4 Å². The van der Waals surface area contributed by atoms with Gasteiger partial charge in [0.1, 0.15) is 11.6 Å². The van der Waals surface area contributed by atoms with Crippen molar-refractivity contribution in [3.8, 4) is 17.2 Å². The first kappa shape index (κ1) is 19.1. The highest BCUT2D eigenvalue weighted by atomic mass is 32.2. The van der Waals surface area contributed by atoms with Crippen molar-refractivity contribution in [3.63, 3.8) is 0 Å². The fraction of sp³-hybridized carbons (Fsp3) is 0.200. The first-order valence-electron chi connectivity index (χ1n) is 8.80. The average Bonchev–Trinajstić information content (AvgIpc) is 3.37. The lowest BCUT2D eigenvalue weighted by Crippen LogP contribution is -1.96. The summed E-state index contributed by atoms with van der Waals surface area (Å²) in [5.74, 6) is 1.91. The van der Waals surface area contributed by atoms with Gasteiger partial charge in [-0.3, -0.25) is 0 Å². The van der Waals surface area contributed by atoms with Crippen LogP contribution in [0, 0.1) is 19.7 Å². The lowest BCUT2D eigenvalue weighted by Gasteiger charge is -2.05. The van der Waals surface area contributed by atoms with E-state index in [1.54, 1.807) is 12.1 Å². The molecule has 0 fully saturated rings. The smallest absolute Gasteiger partial charge is 0.277 e. The predicted octanol–water partition coefficient (Wildman–Crippen LogP) is 4.75. The van der Waals surface area contributed by atoms with E-state index in [9.17, 15) is 4.39 Å². The van der Waals surface area contributed by atoms with Crippen molar-refractivity contribution in [2.24, 2.45) is 0 Å². The number of ether oxygens (including phenoxy) is 1. The van der Waals surface area contributed by atoms with E-state index < -0.39 is 0 Å². The molecule has 2 heterocycles. The van der Waals surface area contributed by atoms with E-state index in [0.29, 0.717) is 34.2 Å². The van der Waals surface area contributed by atoms with Crippen molar-refractivity contribution in [2.75, 3.05) is 0 Å². The first-order chi connectivity index (χ1) is 14.1. The summed E-state index contributed by atoms with van der Waals surface area (Å²) in [4.78, 5) is 0. The molecule has 7 nitrogen and oxygen atoms in total. The Balaban J connectivity index is 1.31. The van der Waals surface area contributed by atoms with Gasteiger partial charge in [0.15, 0.2) is 6.61 Å². The fourth-order valence-corrected chi connectivity index (χ4v) is 3.07. The van der Waals surface area contributed by atoms with Crippen molar-refractivity contribution >= 4 is 11.8 Å². The van der Waals surface area contributed by atoms with Crippen LogP contribution in [0.1, 0.15) is 22.9 Å². The first-order valence-corrected chi connectivity index (χ1v) is 9.79. The molecule has 0 bridgehead atoms. The minimum Gasteiger partial charge on any atom is -0.484 e. The largest absolute Gasteiger partial charge is 0.484 e. The minimum absolute atomic E-state index is 0.186. The maximum atomic E-state index is 13.0. The highest BCUT2D eigenvalue weighted by Crippen LogP contribution is 2.24. The number of thioether (sulfide) groups is 1. The third kappa shape index (κ3) is 4.80. The van der Waals surface area contributed by atoms with Crippen LogP contribution in [0.15, 0.2) is 56.5 Å². The van der Waals surface area contributed by atoms with E-state index in [4.69, 9.17) is 13.6 Å². The maximum Gasteiger partial charge on any atom is 0.277 e. The molecule has 0 amide bonds. The molecule has 0 radical (unpaired) electrons. The summed E-state index contributed by atoms with van der Waals surface area (Å²) >= 11 is 1.28. The summed E-state index contributed by atoms with van der Waals surface area (Å²) in [6, 6.07) is 11.7. The molecule has 0 atom stereocenters. The molecule has 0 saturated heterocycles. The third-order valence-electron chi connectivity index (χ3n) is 4.17. The summed E-state index contributed by atoms with van der Waals surface area (Å²) in [6.45, 7) is 4.26. The van der Waals surface area contributed by atoms with Crippen LogP contribution in [0.3, 0.4) is 0 Å². The second-order valence-corrected chi connectivity index (χ2v) is 7.22. The van der Waals surface area contributed by atoms with Gasteiger partial charge in [-0.1, -0.05) is 17.8 Å². The second kappa shape index (κ2) is 8.44. The Hall–Kier alpha value is -3.20. The number of benzene rings is 2. The van der Waals surface area contributed by atoms with E-state index in [1.165, 1.54) is 29.5 Å². The summed E-state index contributed by atoms with van der Waals surface area (Å²) in [6.07, 6.45) is 0. The molecule has 0 spiro atoms. The van der Waals surface area contributed by atoms with E-state index in [0.717, 1.165) is 11.3 Å². The zero-order valence-electron chi connectivity index (χ0n) is 15.8.